The second kappa shape index (κ2) is 6.47. The number of ether oxygens (including phenoxy) is 1. The topological polar surface area (TPSA) is 79.7 Å². The summed E-state index contributed by atoms with van der Waals surface area (Å²) in [6, 6.07) is 2.64. The molecule has 1 aromatic heterocycles. The standard InChI is InChI=1S/C14H18N2O4/c1-16(6-7-20-9-10-2-3-10)13(17)12-8-11(14(18)19)4-5-15-12/h4-5,8,10H,2-3,6-7,9H2,1H3,(H,18,19). The fourth-order valence-electron chi connectivity index (χ4n) is 1.71. The first-order valence-corrected chi connectivity index (χ1v) is 6.60. The Morgan fingerprint density at radius 3 is 2.90 bits per heavy atom. The maximum atomic E-state index is 12.1. The highest BCUT2D eigenvalue weighted by Gasteiger charge is 2.21. The molecule has 108 valence electrons. The molecular weight excluding hydrogens is 260 g/mol. The second-order valence-corrected chi connectivity index (χ2v) is 4.98. The molecule has 0 radical (unpaired) electrons. The van der Waals surface area contributed by atoms with Crippen molar-refractivity contribution in [1.29, 1.82) is 0 Å². The van der Waals surface area contributed by atoms with Crippen LogP contribution in [0.3, 0.4) is 0 Å². The van der Waals surface area contributed by atoms with Crippen LogP contribution in [0.5, 0.6) is 0 Å². The summed E-state index contributed by atoms with van der Waals surface area (Å²) >= 11 is 0. The lowest BCUT2D eigenvalue weighted by atomic mass is 10.2. The summed E-state index contributed by atoms with van der Waals surface area (Å²) in [5, 5.41) is 8.89. The van der Waals surface area contributed by atoms with Crippen LogP contribution in [0, 0.1) is 5.92 Å². The van der Waals surface area contributed by atoms with Crippen molar-refractivity contribution in [1.82, 2.24) is 9.88 Å². The number of hydrogen-bond donors (Lipinski definition) is 1. The van der Waals surface area contributed by atoms with Crippen molar-refractivity contribution in [2.75, 3.05) is 26.8 Å². The van der Waals surface area contributed by atoms with Crippen molar-refractivity contribution >= 4 is 11.9 Å². The van der Waals surface area contributed by atoms with Crippen molar-refractivity contribution in [3.8, 4) is 0 Å². The normalized spacial score (nSPS) is 14.1. The van der Waals surface area contributed by atoms with Crippen LogP contribution in [0.1, 0.15) is 33.7 Å². The number of nitrogens with zero attached hydrogens (tertiary/aromatic N) is 2. The summed E-state index contributed by atoms with van der Waals surface area (Å²) in [5.41, 5.74) is 0.191. The summed E-state index contributed by atoms with van der Waals surface area (Å²) in [6.45, 7) is 1.71. The smallest absolute Gasteiger partial charge is 0.335 e. The van der Waals surface area contributed by atoms with Gasteiger partial charge in [0.1, 0.15) is 5.69 Å². The molecule has 6 heteroatoms. The van der Waals surface area contributed by atoms with Gasteiger partial charge in [-0.2, -0.15) is 0 Å². The van der Waals surface area contributed by atoms with Gasteiger partial charge in [-0.05, 0) is 30.9 Å². The third-order valence-corrected chi connectivity index (χ3v) is 3.19. The lowest BCUT2D eigenvalue weighted by Gasteiger charge is -2.16. The molecule has 0 saturated heterocycles. The van der Waals surface area contributed by atoms with E-state index in [9.17, 15) is 9.59 Å². The molecule has 1 heterocycles. The molecule has 1 aliphatic carbocycles. The van der Waals surface area contributed by atoms with Gasteiger partial charge in [-0.25, -0.2) is 4.79 Å². The molecule has 1 fully saturated rings. The number of carboxylic acid groups (broad SMARTS) is 1. The molecule has 1 saturated carbocycles. The quantitative estimate of drug-likeness (QED) is 0.760. The molecule has 0 atom stereocenters. The van der Waals surface area contributed by atoms with Crippen LogP contribution < -0.4 is 0 Å². The van der Waals surface area contributed by atoms with E-state index in [1.54, 1.807) is 7.05 Å². The van der Waals surface area contributed by atoms with Gasteiger partial charge in [-0.3, -0.25) is 9.78 Å². The van der Waals surface area contributed by atoms with Crippen molar-refractivity contribution in [3.63, 3.8) is 0 Å². The maximum Gasteiger partial charge on any atom is 0.335 e. The number of likely N-dealkylation sites (N-methyl/N-ethyl adjacent to an activating group) is 1. The van der Waals surface area contributed by atoms with Crippen molar-refractivity contribution < 1.29 is 19.4 Å². The van der Waals surface area contributed by atoms with Crippen molar-refractivity contribution in [2.24, 2.45) is 5.92 Å². The van der Waals surface area contributed by atoms with E-state index in [2.05, 4.69) is 4.98 Å². The Balaban J connectivity index is 1.84. The number of hydrogen-bond acceptors (Lipinski definition) is 4. The van der Waals surface area contributed by atoms with Gasteiger partial charge in [-0.15, -0.1) is 0 Å². The Bertz CT molecular complexity index is 500. The van der Waals surface area contributed by atoms with Crippen LogP contribution in [-0.2, 0) is 4.74 Å². The number of amides is 1. The number of rotatable bonds is 7. The van der Waals surface area contributed by atoms with E-state index >= 15 is 0 Å². The molecule has 1 amide bonds. The predicted octanol–water partition coefficient (Wildman–Crippen LogP) is 1.28. The Hall–Kier alpha value is -1.95. The van der Waals surface area contributed by atoms with Gasteiger partial charge >= 0.3 is 5.97 Å². The monoisotopic (exact) mass is 278 g/mol. The van der Waals surface area contributed by atoms with Crippen molar-refractivity contribution in [3.05, 3.63) is 29.6 Å². The first-order chi connectivity index (χ1) is 9.58. The third-order valence-electron chi connectivity index (χ3n) is 3.19. The molecule has 0 bridgehead atoms. The van der Waals surface area contributed by atoms with Gasteiger partial charge in [0.05, 0.1) is 12.2 Å². The van der Waals surface area contributed by atoms with Crippen LogP contribution in [0.25, 0.3) is 0 Å². The summed E-state index contributed by atoms with van der Waals surface area (Å²) in [5.74, 6) is -0.676. The molecule has 1 N–H and O–H groups in total. The zero-order valence-corrected chi connectivity index (χ0v) is 11.4. The Kier molecular flexibility index (Phi) is 4.68. The van der Waals surface area contributed by atoms with E-state index in [4.69, 9.17) is 9.84 Å². The summed E-state index contributed by atoms with van der Waals surface area (Å²) in [6.07, 6.45) is 3.80. The second-order valence-electron chi connectivity index (χ2n) is 4.98. The van der Waals surface area contributed by atoms with E-state index in [1.807, 2.05) is 0 Å². The zero-order valence-electron chi connectivity index (χ0n) is 11.4. The number of aromatic carboxylic acids is 1. The summed E-state index contributed by atoms with van der Waals surface area (Å²) in [4.78, 5) is 28.3. The van der Waals surface area contributed by atoms with Crippen LogP contribution in [0.15, 0.2) is 18.3 Å². The van der Waals surface area contributed by atoms with Crippen LogP contribution >= 0.6 is 0 Å². The fraction of sp³-hybridized carbons (Fsp3) is 0.500. The minimum absolute atomic E-state index is 0.0572. The molecule has 6 nitrogen and oxygen atoms in total. The van der Waals surface area contributed by atoms with Gasteiger partial charge in [0.15, 0.2) is 0 Å². The summed E-state index contributed by atoms with van der Waals surface area (Å²) in [7, 11) is 1.65. The zero-order chi connectivity index (χ0) is 14.5. The van der Waals surface area contributed by atoms with Gasteiger partial charge < -0.3 is 14.7 Å². The van der Waals surface area contributed by atoms with E-state index < -0.39 is 5.97 Å². The average Bonchev–Trinajstić information content (AvgIpc) is 3.26. The lowest BCUT2D eigenvalue weighted by molar-refractivity contribution is 0.0675. The molecule has 0 aromatic carbocycles. The molecule has 0 spiro atoms. The molecule has 2 rings (SSSR count). The minimum atomic E-state index is -1.07. The fourth-order valence-corrected chi connectivity index (χ4v) is 1.71. The van der Waals surface area contributed by atoms with E-state index in [-0.39, 0.29) is 17.2 Å². The highest BCUT2D eigenvalue weighted by Crippen LogP contribution is 2.28. The number of pyridine rings is 1. The highest BCUT2D eigenvalue weighted by molar-refractivity contribution is 5.95. The largest absolute Gasteiger partial charge is 0.478 e. The van der Waals surface area contributed by atoms with Gasteiger partial charge in [0, 0.05) is 26.4 Å². The third kappa shape index (κ3) is 4.03. The van der Waals surface area contributed by atoms with Crippen LogP contribution in [0.2, 0.25) is 0 Å². The minimum Gasteiger partial charge on any atom is -0.478 e. The maximum absolute atomic E-state index is 12.1. The SMILES string of the molecule is CN(CCOCC1CC1)C(=O)c1cc(C(=O)O)ccn1. The number of carbonyl (C=O) groups excluding carboxylic acids is 1. The van der Waals surface area contributed by atoms with E-state index in [1.165, 1.54) is 36.1 Å². The molecule has 20 heavy (non-hydrogen) atoms. The molecule has 1 aromatic rings. The van der Waals surface area contributed by atoms with Crippen LogP contribution in [-0.4, -0.2) is 53.7 Å². The molecule has 0 unspecified atom stereocenters. The van der Waals surface area contributed by atoms with E-state index in [0.717, 1.165) is 6.61 Å². The molecule has 0 aliphatic heterocycles. The predicted molar refractivity (Wildman–Crippen MR) is 71.7 cm³/mol. The number of carboxylic acids is 1. The molecular formula is C14H18N2O4. The highest BCUT2D eigenvalue weighted by atomic mass is 16.5. The van der Waals surface area contributed by atoms with Gasteiger partial charge in [0.2, 0.25) is 0 Å². The number of carbonyl (C=O) groups is 2. The van der Waals surface area contributed by atoms with Gasteiger partial charge in [-0.1, -0.05) is 0 Å². The first kappa shape index (κ1) is 14.5. The Morgan fingerprint density at radius 2 is 2.25 bits per heavy atom. The van der Waals surface area contributed by atoms with Gasteiger partial charge in [0.25, 0.3) is 5.91 Å². The Morgan fingerprint density at radius 1 is 1.50 bits per heavy atom. The van der Waals surface area contributed by atoms with Crippen molar-refractivity contribution in [2.45, 2.75) is 12.8 Å². The first-order valence-electron chi connectivity index (χ1n) is 6.60. The molecule has 1 aliphatic rings. The summed E-state index contributed by atoms with van der Waals surface area (Å²) < 4.78 is 5.47. The average molecular weight is 278 g/mol. The number of aromatic nitrogens is 1. The lowest BCUT2D eigenvalue weighted by Crippen LogP contribution is -2.31. The van der Waals surface area contributed by atoms with Crippen LogP contribution in [0.4, 0.5) is 0 Å². The van der Waals surface area contributed by atoms with E-state index in [0.29, 0.717) is 19.1 Å². The Labute approximate surface area is 117 Å².